The van der Waals surface area contributed by atoms with Crippen LogP contribution in [0, 0.1) is 17.7 Å². The minimum absolute atomic E-state index is 0.141. The predicted molar refractivity (Wildman–Crippen MR) is 134 cm³/mol. The van der Waals surface area contributed by atoms with Crippen LogP contribution in [0.1, 0.15) is 27.9 Å². The molecule has 3 aliphatic heterocycles. The number of quaternary nitrogens is 1. The highest BCUT2D eigenvalue weighted by molar-refractivity contribution is 6.43. The average molecular weight is 484 g/mol. The van der Waals surface area contributed by atoms with Crippen molar-refractivity contribution in [2.45, 2.75) is 18.6 Å². The molecule has 3 aromatic carbocycles. The Morgan fingerprint density at radius 3 is 2.28 bits per heavy atom. The fraction of sp³-hybridized carbons (Fsp3) is 0.300. The number of carbonyl (C=O) groups excluding carboxylic acids is 2. The van der Waals surface area contributed by atoms with Crippen LogP contribution in [0.2, 0.25) is 0 Å². The molecule has 3 heterocycles. The molecule has 0 N–H and O–H groups in total. The third-order valence-corrected chi connectivity index (χ3v) is 8.14. The van der Waals surface area contributed by atoms with Crippen molar-refractivity contribution in [3.8, 4) is 0 Å². The van der Waals surface area contributed by atoms with Crippen LogP contribution in [0.3, 0.4) is 0 Å². The van der Waals surface area contributed by atoms with Crippen molar-refractivity contribution < 1.29 is 23.2 Å². The van der Waals surface area contributed by atoms with Crippen LogP contribution in [0.5, 0.6) is 0 Å². The molecular formula is C30H28FN2O3+. The van der Waals surface area contributed by atoms with Gasteiger partial charge in [0.25, 0.3) is 0 Å². The molecule has 4 aliphatic rings. The molecule has 7 rings (SSSR count). The number of Topliss-reactive ketones (excluding diaryl/α,β-unsaturated/α-hetero) is 1. The van der Waals surface area contributed by atoms with Gasteiger partial charge in [-0.2, -0.15) is 0 Å². The molecule has 36 heavy (non-hydrogen) atoms. The zero-order chi connectivity index (χ0) is 24.8. The van der Waals surface area contributed by atoms with Crippen LogP contribution in [0.25, 0.3) is 0 Å². The number of benzene rings is 3. The lowest BCUT2D eigenvalue weighted by atomic mass is 10.0. The summed E-state index contributed by atoms with van der Waals surface area (Å²) in [4.78, 5) is 31.2. The van der Waals surface area contributed by atoms with E-state index in [-0.39, 0.29) is 23.9 Å². The second-order valence-corrected chi connectivity index (χ2v) is 10.4. The maximum absolute atomic E-state index is 13.5. The maximum atomic E-state index is 13.5. The van der Waals surface area contributed by atoms with Crippen molar-refractivity contribution in [3.05, 3.63) is 107 Å². The molecule has 5 nitrogen and oxygen atoms in total. The van der Waals surface area contributed by atoms with Gasteiger partial charge in [-0.05, 0) is 17.7 Å². The molecule has 4 bridgehead atoms. The van der Waals surface area contributed by atoms with E-state index in [1.165, 1.54) is 12.1 Å². The second kappa shape index (κ2) is 8.79. The number of hydrogen-bond acceptors (Lipinski definition) is 4. The number of fused-ring (bicyclic) bond motifs is 1. The molecule has 0 radical (unpaired) electrons. The van der Waals surface area contributed by atoms with Crippen molar-refractivity contribution in [2.75, 3.05) is 26.2 Å². The quantitative estimate of drug-likeness (QED) is 0.206. The van der Waals surface area contributed by atoms with E-state index in [2.05, 4.69) is 4.99 Å². The van der Waals surface area contributed by atoms with Gasteiger partial charge in [0, 0.05) is 23.5 Å². The Bertz CT molecular complexity index is 1330. The van der Waals surface area contributed by atoms with Gasteiger partial charge in [-0.15, -0.1) is 0 Å². The number of piperidine rings is 3. The second-order valence-electron chi connectivity index (χ2n) is 10.4. The fourth-order valence-corrected chi connectivity index (χ4v) is 6.38. The summed E-state index contributed by atoms with van der Waals surface area (Å²) in [6.07, 6.45) is 0.966. The van der Waals surface area contributed by atoms with Crippen LogP contribution in [0.4, 0.5) is 4.39 Å². The number of ether oxygens (including phenoxy) is 1. The van der Waals surface area contributed by atoms with Crippen LogP contribution < -0.4 is 0 Å². The smallest absolute Gasteiger partial charge is 0.357 e. The van der Waals surface area contributed by atoms with Crippen LogP contribution in [-0.2, 0) is 16.1 Å². The van der Waals surface area contributed by atoms with Gasteiger partial charge in [-0.1, -0.05) is 72.8 Å². The minimum Gasteiger partial charge on any atom is -0.447 e. The Morgan fingerprint density at radius 2 is 1.58 bits per heavy atom. The van der Waals surface area contributed by atoms with Crippen LogP contribution in [-0.4, -0.2) is 53.7 Å². The van der Waals surface area contributed by atoms with Gasteiger partial charge in [0.1, 0.15) is 18.9 Å². The van der Waals surface area contributed by atoms with Gasteiger partial charge in [-0.3, -0.25) is 9.79 Å². The van der Waals surface area contributed by atoms with Crippen molar-refractivity contribution in [1.82, 2.24) is 0 Å². The molecule has 0 amide bonds. The van der Waals surface area contributed by atoms with E-state index in [1.807, 2.05) is 60.7 Å². The van der Waals surface area contributed by atoms with E-state index in [0.717, 1.165) is 30.6 Å². The topological polar surface area (TPSA) is 55.7 Å². The number of aliphatic imine (C=N–C) groups is 1. The van der Waals surface area contributed by atoms with Crippen LogP contribution in [0.15, 0.2) is 89.9 Å². The zero-order valence-electron chi connectivity index (χ0n) is 20.0. The summed E-state index contributed by atoms with van der Waals surface area (Å²) in [7, 11) is 0. The highest BCUT2D eigenvalue weighted by Crippen LogP contribution is 2.65. The van der Waals surface area contributed by atoms with Crippen LogP contribution >= 0.6 is 0 Å². The normalized spacial score (nSPS) is 28.0. The summed E-state index contributed by atoms with van der Waals surface area (Å²) < 4.78 is 20.3. The van der Waals surface area contributed by atoms with E-state index < -0.39 is 11.6 Å². The minimum atomic E-state index is -0.502. The Hall–Kier alpha value is -3.64. The molecule has 0 spiro atoms. The molecule has 1 aliphatic carbocycles. The molecular weight excluding hydrogens is 455 g/mol. The molecule has 3 aromatic rings. The van der Waals surface area contributed by atoms with Crippen molar-refractivity contribution >= 4 is 17.5 Å². The summed E-state index contributed by atoms with van der Waals surface area (Å²) in [6, 6.07) is 24.9. The van der Waals surface area contributed by atoms with Crippen molar-refractivity contribution in [1.29, 1.82) is 0 Å². The number of ketones is 1. The average Bonchev–Trinajstić information content (AvgIpc) is 3.40. The van der Waals surface area contributed by atoms with E-state index in [9.17, 15) is 14.0 Å². The molecule has 0 aromatic heterocycles. The number of halogens is 1. The highest BCUT2D eigenvalue weighted by Gasteiger charge is 2.81. The van der Waals surface area contributed by atoms with Gasteiger partial charge >= 0.3 is 5.97 Å². The van der Waals surface area contributed by atoms with E-state index in [0.29, 0.717) is 35.0 Å². The largest absolute Gasteiger partial charge is 0.447 e. The van der Waals surface area contributed by atoms with Gasteiger partial charge < -0.3 is 9.22 Å². The summed E-state index contributed by atoms with van der Waals surface area (Å²) in [5.41, 5.74) is 2.03. The standard InChI is InChI=1S/C30H28FN2O3/c31-24-13-11-21(12-14-24)17-32-28(23-9-5-2-6-10-23)29(35)36-30-20-33(16-15-25(30)26(30)18-33)19-27(34)22-7-3-1-4-8-22/h1-14,25-26H,15-20H2/q+1/t25?,26?,30-,33?/m1/s1. The highest BCUT2D eigenvalue weighted by atomic mass is 19.1. The van der Waals surface area contributed by atoms with Gasteiger partial charge in [-0.25, -0.2) is 9.18 Å². The Labute approximate surface area is 209 Å². The van der Waals surface area contributed by atoms with E-state index in [4.69, 9.17) is 4.74 Å². The Kier molecular flexibility index (Phi) is 5.56. The summed E-state index contributed by atoms with van der Waals surface area (Å²) in [5.74, 6) is 0.0726. The molecule has 3 unspecified atom stereocenters. The molecule has 6 heteroatoms. The first-order valence-electron chi connectivity index (χ1n) is 12.5. The Balaban J connectivity index is 1.21. The van der Waals surface area contributed by atoms with Gasteiger partial charge in [0.2, 0.25) is 5.78 Å². The number of carbonyl (C=O) groups is 2. The molecule has 4 fully saturated rings. The third-order valence-electron chi connectivity index (χ3n) is 8.14. The zero-order valence-corrected chi connectivity index (χ0v) is 20.0. The third kappa shape index (κ3) is 4.05. The summed E-state index contributed by atoms with van der Waals surface area (Å²) in [5, 5.41) is 0. The lowest BCUT2D eigenvalue weighted by Crippen LogP contribution is -2.57. The van der Waals surface area contributed by atoms with Gasteiger partial charge in [0.15, 0.2) is 11.3 Å². The molecule has 4 atom stereocenters. The SMILES string of the molecule is O=C(O[C@]12C[N+]3(CC(=O)c4ccccc4)CCC1C2C3)C(=NCc1ccc(F)cc1)c1ccccc1. The molecule has 3 saturated heterocycles. The predicted octanol–water partition coefficient (Wildman–Crippen LogP) is 4.46. The lowest BCUT2D eigenvalue weighted by Gasteiger charge is -2.41. The number of rotatable bonds is 8. The number of hydrogen-bond donors (Lipinski definition) is 0. The first-order chi connectivity index (χ1) is 17.5. The number of nitrogens with zero attached hydrogens (tertiary/aromatic N) is 2. The summed E-state index contributed by atoms with van der Waals surface area (Å²) in [6.45, 7) is 3.21. The first kappa shape index (κ1) is 22.8. The van der Waals surface area contributed by atoms with E-state index >= 15 is 0 Å². The molecule has 182 valence electrons. The Morgan fingerprint density at radius 1 is 0.917 bits per heavy atom. The summed E-state index contributed by atoms with van der Waals surface area (Å²) >= 11 is 0. The lowest BCUT2D eigenvalue weighted by molar-refractivity contribution is -0.922. The fourth-order valence-electron chi connectivity index (χ4n) is 6.38. The van der Waals surface area contributed by atoms with Crippen molar-refractivity contribution in [2.24, 2.45) is 16.8 Å². The maximum Gasteiger partial charge on any atom is 0.357 e. The van der Waals surface area contributed by atoms with Crippen molar-refractivity contribution in [3.63, 3.8) is 0 Å². The monoisotopic (exact) mass is 483 g/mol. The van der Waals surface area contributed by atoms with E-state index in [1.54, 1.807) is 12.1 Å². The van der Waals surface area contributed by atoms with Gasteiger partial charge in [0.05, 0.1) is 25.6 Å². The molecule has 1 saturated carbocycles. The first-order valence-corrected chi connectivity index (χ1v) is 12.5. The number of esters is 1.